The number of carbonyl (C=O) groups excluding carboxylic acids is 1. The van der Waals surface area contributed by atoms with Crippen molar-refractivity contribution in [3.8, 4) is 0 Å². The Morgan fingerprint density at radius 3 is 2.54 bits per heavy atom. The van der Waals surface area contributed by atoms with Crippen LogP contribution in [0.3, 0.4) is 0 Å². The van der Waals surface area contributed by atoms with Crippen molar-refractivity contribution >= 4 is 43.7 Å². The molecule has 1 amide bonds. The molecular formula is C17H17N3O3S3. The Balaban J connectivity index is 1.66. The first kappa shape index (κ1) is 18.7. The average Bonchev–Trinajstić information content (AvgIpc) is 3.33. The van der Waals surface area contributed by atoms with Gasteiger partial charge >= 0.3 is 0 Å². The Morgan fingerprint density at radius 2 is 1.92 bits per heavy atom. The minimum Gasteiger partial charge on any atom is -0.301 e. The molecule has 6 nitrogen and oxygen atoms in total. The molecule has 0 radical (unpaired) electrons. The van der Waals surface area contributed by atoms with E-state index in [2.05, 4.69) is 15.0 Å². The quantitative estimate of drug-likeness (QED) is 0.628. The normalized spacial score (nSPS) is 12.7. The zero-order valence-corrected chi connectivity index (χ0v) is 16.3. The largest absolute Gasteiger partial charge is 0.301 e. The highest BCUT2D eigenvalue weighted by Gasteiger charge is 2.18. The van der Waals surface area contributed by atoms with Gasteiger partial charge in [0.1, 0.15) is 0 Å². The average molecular weight is 408 g/mol. The third-order valence-corrected chi connectivity index (χ3v) is 6.74. The molecule has 3 rings (SSSR count). The van der Waals surface area contributed by atoms with Crippen molar-refractivity contribution in [2.75, 3.05) is 5.32 Å². The van der Waals surface area contributed by atoms with Crippen LogP contribution in [-0.4, -0.2) is 19.3 Å². The van der Waals surface area contributed by atoms with Gasteiger partial charge in [-0.25, -0.2) is 18.1 Å². The third kappa shape index (κ3) is 4.55. The van der Waals surface area contributed by atoms with E-state index in [-0.39, 0.29) is 17.3 Å². The summed E-state index contributed by atoms with van der Waals surface area (Å²) in [5.41, 5.74) is 0.733. The van der Waals surface area contributed by atoms with Gasteiger partial charge in [0.15, 0.2) is 5.13 Å². The van der Waals surface area contributed by atoms with Gasteiger partial charge in [-0.2, -0.15) is 0 Å². The Kier molecular flexibility index (Phi) is 5.82. The predicted octanol–water partition coefficient (Wildman–Crippen LogP) is 3.43. The minimum atomic E-state index is -3.59. The number of carbonyl (C=O) groups is 1. The lowest BCUT2D eigenvalue weighted by Gasteiger charge is -2.12. The van der Waals surface area contributed by atoms with E-state index in [1.165, 1.54) is 34.8 Å². The molecule has 2 heterocycles. The molecule has 0 saturated heterocycles. The van der Waals surface area contributed by atoms with Crippen LogP contribution in [0.2, 0.25) is 0 Å². The minimum absolute atomic E-state index is 0.172. The summed E-state index contributed by atoms with van der Waals surface area (Å²) in [5, 5.41) is 6.96. The second-order valence-electron chi connectivity index (χ2n) is 5.52. The van der Waals surface area contributed by atoms with E-state index < -0.39 is 15.9 Å². The third-order valence-electron chi connectivity index (χ3n) is 3.76. The number of nitrogens with one attached hydrogen (secondary N) is 2. The lowest BCUT2D eigenvalue weighted by Crippen LogP contribution is -2.23. The van der Waals surface area contributed by atoms with Crippen LogP contribution < -0.4 is 10.0 Å². The van der Waals surface area contributed by atoms with E-state index in [1.54, 1.807) is 30.6 Å². The van der Waals surface area contributed by atoms with Crippen LogP contribution in [0.4, 0.5) is 5.13 Å². The van der Waals surface area contributed by atoms with Gasteiger partial charge in [0.05, 0.1) is 10.8 Å². The number of anilines is 1. The summed E-state index contributed by atoms with van der Waals surface area (Å²) in [5.74, 6) is -0.610. The maximum atomic E-state index is 12.4. The van der Waals surface area contributed by atoms with E-state index in [9.17, 15) is 13.2 Å². The van der Waals surface area contributed by atoms with Gasteiger partial charge in [-0.1, -0.05) is 18.2 Å². The van der Waals surface area contributed by atoms with Crippen molar-refractivity contribution in [1.29, 1.82) is 0 Å². The van der Waals surface area contributed by atoms with Gasteiger partial charge in [0.2, 0.25) is 15.9 Å². The Bertz CT molecular complexity index is 951. The van der Waals surface area contributed by atoms with Crippen LogP contribution in [0.5, 0.6) is 0 Å². The molecule has 26 heavy (non-hydrogen) atoms. The first-order valence-electron chi connectivity index (χ1n) is 7.78. The number of amides is 1. The fraction of sp³-hybridized carbons (Fsp3) is 0.176. The molecule has 0 aliphatic heterocycles. The summed E-state index contributed by atoms with van der Waals surface area (Å²) in [6, 6.07) is 10.1. The van der Waals surface area contributed by atoms with Crippen LogP contribution in [0, 0.1) is 0 Å². The van der Waals surface area contributed by atoms with E-state index >= 15 is 0 Å². The van der Waals surface area contributed by atoms with E-state index in [1.807, 2.05) is 17.5 Å². The molecule has 0 saturated carbocycles. The van der Waals surface area contributed by atoms with E-state index in [0.29, 0.717) is 5.13 Å². The summed E-state index contributed by atoms with van der Waals surface area (Å²) in [4.78, 5) is 17.4. The molecule has 9 heteroatoms. The Morgan fingerprint density at radius 1 is 1.15 bits per heavy atom. The molecule has 1 atom stereocenters. The monoisotopic (exact) mass is 407 g/mol. The number of thiophene rings is 1. The van der Waals surface area contributed by atoms with Crippen LogP contribution in [-0.2, 0) is 21.4 Å². The van der Waals surface area contributed by atoms with Crippen LogP contribution in [0.25, 0.3) is 0 Å². The van der Waals surface area contributed by atoms with Gasteiger partial charge in [-0.3, -0.25) is 4.79 Å². The molecule has 0 spiro atoms. The number of sulfonamides is 1. The molecule has 0 aliphatic rings. The zero-order chi connectivity index (χ0) is 18.6. The van der Waals surface area contributed by atoms with Crippen molar-refractivity contribution in [1.82, 2.24) is 9.71 Å². The number of thiazole rings is 1. The molecule has 0 fully saturated rings. The molecule has 0 bridgehead atoms. The van der Waals surface area contributed by atoms with Crippen LogP contribution >= 0.6 is 22.7 Å². The number of nitrogens with zero attached hydrogens (tertiary/aromatic N) is 1. The fourth-order valence-corrected chi connectivity index (χ4v) is 4.52. The molecular weight excluding hydrogens is 390 g/mol. The van der Waals surface area contributed by atoms with Gasteiger partial charge in [0, 0.05) is 23.0 Å². The number of hydrogen-bond donors (Lipinski definition) is 2. The highest BCUT2D eigenvalue weighted by Crippen LogP contribution is 2.21. The highest BCUT2D eigenvalue weighted by atomic mass is 32.2. The van der Waals surface area contributed by atoms with E-state index in [0.717, 1.165) is 10.4 Å². The predicted molar refractivity (Wildman–Crippen MR) is 104 cm³/mol. The van der Waals surface area contributed by atoms with Crippen molar-refractivity contribution in [2.45, 2.75) is 24.3 Å². The SMILES string of the molecule is CC(C(=O)Nc1nccs1)c1ccc(S(=O)(=O)NCc2cccs2)cc1. The summed E-state index contributed by atoms with van der Waals surface area (Å²) >= 11 is 2.84. The maximum absolute atomic E-state index is 12.4. The molecule has 1 aromatic carbocycles. The standard InChI is InChI=1S/C17H17N3O3S3/c1-12(16(21)20-17-18-8-10-25-17)13-4-6-15(7-5-13)26(22,23)19-11-14-3-2-9-24-14/h2-10,12,19H,11H2,1H3,(H,18,20,21). The summed E-state index contributed by atoms with van der Waals surface area (Å²) < 4.78 is 27.3. The van der Waals surface area contributed by atoms with Gasteiger partial charge in [-0.05, 0) is 36.1 Å². The number of hydrogen-bond acceptors (Lipinski definition) is 6. The fourth-order valence-electron chi connectivity index (χ4n) is 2.25. The first-order chi connectivity index (χ1) is 12.5. The first-order valence-corrected chi connectivity index (χ1v) is 11.0. The molecule has 3 aromatic rings. The number of rotatable bonds is 7. The second-order valence-corrected chi connectivity index (χ2v) is 9.21. The van der Waals surface area contributed by atoms with Crippen LogP contribution in [0.1, 0.15) is 23.3 Å². The molecule has 2 aromatic heterocycles. The maximum Gasteiger partial charge on any atom is 0.240 e. The number of benzene rings is 1. The highest BCUT2D eigenvalue weighted by molar-refractivity contribution is 7.89. The van der Waals surface area contributed by atoms with Gasteiger partial charge < -0.3 is 5.32 Å². The lowest BCUT2D eigenvalue weighted by atomic mass is 10.0. The smallest absolute Gasteiger partial charge is 0.240 e. The summed E-state index contributed by atoms with van der Waals surface area (Å²) in [7, 11) is -3.59. The van der Waals surface area contributed by atoms with Crippen molar-refractivity contribution in [2.24, 2.45) is 0 Å². The summed E-state index contributed by atoms with van der Waals surface area (Å²) in [6.45, 7) is 2.02. The summed E-state index contributed by atoms with van der Waals surface area (Å²) in [6.07, 6.45) is 1.62. The van der Waals surface area contributed by atoms with Crippen molar-refractivity contribution in [3.63, 3.8) is 0 Å². The lowest BCUT2D eigenvalue weighted by molar-refractivity contribution is -0.117. The van der Waals surface area contributed by atoms with Crippen molar-refractivity contribution < 1.29 is 13.2 Å². The molecule has 0 aliphatic carbocycles. The molecule has 136 valence electrons. The Labute approximate surface area is 160 Å². The second kappa shape index (κ2) is 8.09. The van der Waals surface area contributed by atoms with Gasteiger partial charge in [0.25, 0.3) is 0 Å². The van der Waals surface area contributed by atoms with Crippen LogP contribution in [0.15, 0.2) is 58.3 Å². The zero-order valence-electron chi connectivity index (χ0n) is 13.9. The van der Waals surface area contributed by atoms with Gasteiger partial charge in [-0.15, -0.1) is 22.7 Å². The van der Waals surface area contributed by atoms with E-state index in [4.69, 9.17) is 0 Å². The molecule has 1 unspecified atom stereocenters. The Hall–Kier alpha value is -2.07. The topological polar surface area (TPSA) is 88.2 Å². The molecule has 2 N–H and O–H groups in total. The van der Waals surface area contributed by atoms with Crippen molar-refractivity contribution in [3.05, 3.63) is 63.8 Å². The number of aromatic nitrogens is 1.